The van der Waals surface area contributed by atoms with E-state index in [2.05, 4.69) is 27.5 Å². The molecule has 1 N–H and O–H groups in total. The van der Waals surface area contributed by atoms with Crippen molar-refractivity contribution in [2.45, 2.75) is 31.9 Å². The monoisotopic (exact) mass is 407 g/mol. The molecule has 2 aromatic heterocycles. The molecule has 1 atom stereocenters. The van der Waals surface area contributed by atoms with Gasteiger partial charge < -0.3 is 10.0 Å². The minimum atomic E-state index is -4.51. The molecule has 148 valence electrons. The van der Waals surface area contributed by atoms with Gasteiger partial charge in [-0.15, -0.1) is 21.5 Å². The molecule has 0 bridgehead atoms. The van der Waals surface area contributed by atoms with Crippen molar-refractivity contribution in [3.05, 3.63) is 40.3 Å². The molecule has 3 heterocycles. The van der Waals surface area contributed by atoms with Crippen LogP contribution < -0.4 is 0 Å². The summed E-state index contributed by atoms with van der Waals surface area (Å²) in [6, 6.07) is 3.57. The predicted molar refractivity (Wildman–Crippen MR) is 104 cm³/mol. The maximum absolute atomic E-state index is 13.0. The molecule has 1 saturated heterocycles. The Hall–Kier alpha value is -2.19. The molecule has 0 aliphatic carbocycles. The van der Waals surface area contributed by atoms with Gasteiger partial charge in [0.2, 0.25) is 0 Å². The van der Waals surface area contributed by atoms with E-state index in [1.807, 2.05) is 0 Å². The van der Waals surface area contributed by atoms with E-state index in [9.17, 15) is 18.3 Å². The van der Waals surface area contributed by atoms with Crippen LogP contribution >= 0.6 is 11.3 Å². The highest BCUT2D eigenvalue weighted by Crippen LogP contribution is 2.40. The van der Waals surface area contributed by atoms with Gasteiger partial charge in [0.1, 0.15) is 11.3 Å². The van der Waals surface area contributed by atoms with Gasteiger partial charge in [0.15, 0.2) is 0 Å². The maximum Gasteiger partial charge on any atom is 0.416 e. The number of alkyl halides is 3. The first-order chi connectivity index (χ1) is 13.2. The fourth-order valence-electron chi connectivity index (χ4n) is 3.94. The van der Waals surface area contributed by atoms with Crippen molar-refractivity contribution in [3.8, 4) is 17.0 Å². The van der Waals surface area contributed by atoms with Crippen LogP contribution in [0, 0.1) is 6.92 Å². The van der Waals surface area contributed by atoms with Crippen LogP contribution in [0.5, 0.6) is 5.75 Å². The molecule has 1 aliphatic rings. The first kappa shape index (κ1) is 19.1. The Kier molecular flexibility index (Phi) is 4.79. The second-order valence-corrected chi connectivity index (χ2v) is 8.33. The van der Waals surface area contributed by atoms with Crippen LogP contribution in [0.1, 0.15) is 35.4 Å². The Labute approximate surface area is 164 Å². The number of phenols is 1. The zero-order chi connectivity index (χ0) is 20.1. The number of aryl methyl sites for hydroxylation is 1. The van der Waals surface area contributed by atoms with E-state index in [0.717, 1.165) is 48.3 Å². The van der Waals surface area contributed by atoms with E-state index in [1.165, 1.54) is 12.5 Å². The number of phenolic OH excluding ortho intramolecular Hbond substituents is 1. The Morgan fingerprint density at radius 3 is 2.68 bits per heavy atom. The molecule has 0 spiro atoms. The molecule has 0 amide bonds. The lowest BCUT2D eigenvalue weighted by atomic mass is 9.92. The molecule has 1 fully saturated rings. The maximum atomic E-state index is 13.0. The van der Waals surface area contributed by atoms with Crippen molar-refractivity contribution in [1.29, 1.82) is 0 Å². The van der Waals surface area contributed by atoms with Crippen molar-refractivity contribution in [3.63, 3.8) is 0 Å². The number of thiophene rings is 1. The number of aromatic nitrogens is 2. The molecule has 1 unspecified atom stereocenters. The number of fused-ring (bicyclic) bond motifs is 1. The van der Waals surface area contributed by atoms with E-state index in [-0.39, 0.29) is 5.56 Å². The lowest BCUT2D eigenvalue weighted by Gasteiger charge is -2.29. The number of likely N-dealkylation sites (tertiary alicyclic amines) is 1. The highest BCUT2D eigenvalue weighted by molar-refractivity contribution is 7.17. The third-order valence-electron chi connectivity index (χ3n) is 5.31. The van der Waals surface area contributed by atoms with Gasteiger partial charge in [0, 0.05) is 12.1 Å². The number of piperidine rings is 1. The summed E-state index contributed by atoms with van der Waals surface area (Å²) in [5.74, 6) is -0.0273. The molecule has 0 radical (unpaired) electrons. The van der Waals surface area contributed by atoms with Crippen LogP contribution in [-0.2, 0) is 6.18 Å². The standard InChI is InChI=1S/C20H20F3N3OS/c1-11-6-13(20(21,22)23)7-16(27)18(11)15-8-17-19(25-24-15)14(10-28-17)12-4-3-5-26(2)9-12/h6-8,10,12,27H,3-5,9H2,1-2H3. The van der Waals surface area contributed by atoms with Gasteiger partial charge in [-0.05, 0) is 74.0 Å². The van der Waals surface area contributed by atoms with Gasteiger partial charge >= 0.3 is 6.18 Å². The lowest BCUT2D eigenvalue weighted by Crippen LogP contribution is -2.30. The van der Waals surface area contributed by atoms with Gasteiger partial charge in [0.05, 0.1) is 16.0 Å². The number of hydrogen-bond acceptors (Lipinski definition) is 5. The van der Waals surface area contributed by atoms with E-state index in [0.29, 0.717) is 17.2 Å². The molecule has 4 rings (SSSR count). The second-order valence-electron chi connectivity index (χ2n) is 7.42. The molecule has 0 saturated carbocycles. The Bertz CT molecular complexity index is 1010. The largest absolute Gasteiger partial charge is 0.507 e. The number of aromatic hydroxyl groups is 1. The summed E-state index contributed by atoms with van der Waals surface area (Å²) >= 11 is 1.55. The smallest absolute Gasteiger partial charge is 0.416 e. The highest BCUT2D eigenvalue weighted by atomic mass is 32.1. The molecule has 1 aliphatic heterocycles. The third kappa shape index (κ3) is 3.46. The van der Waals surface area contributed by atoms with Crippen LogP contribution in [0.4, 0.5) is 13.2 Å². The molecular formula is C20H20F3N3OS. The number of nitrogens with zero attached hydrogens (tertiary/aromatic N) is 3. The number of halogens is 3. The van der Waals surface area contributed by atoms with E-state index in [1.54, 1.807) is 17.4 Å². The third-order valence-corrected chi connectivity index (χ3v) is 6.24. The summed E-state index contributed by atoms with van der Waals surface area (Å²) < 4.78 is 39.8. The van der Waals surface area contributed by atoms with E-state index < -0.39 is 17.5 Å². The van der Waals surface area contributed by atoms with Crippen molar-refractivity contribution in [1.82, 2.24) is 15.1 Å². The fraction of sp³-hybridized carbons (Fsp3) is 0.400. The molecule has 1 aromatic carbocycles. The minimum absolute atomic E-state index is 0.287. The Balaban J connectivity index is 1.73. The Morgan fingerprint density at radius 2 is 2.00 bits per heavy atom. The number of benzene rings is 1. The molecular weight excluding hydrogens is 387 g/mol. The normalized spacial score (nSPS) is 18.7. The average molecular weight is 407 g/mol. The van der Waals surface area contributed by atoms with Crippen molar-refractivity contribution < 1.29 is 18.3 Å². The zero-order valence-corrected chi connectivity index (χ0v) is 16.4. The number of likely N-dealkylation sites (N-methyl/N-ethyl adjacent to an activating group) is 1. The summed E-state index contributed by atoms with van der Waals surface area (Å²) in [5.41, 5.74) is 2.13. The minimum Gasteiger partial charge on any atom is -0.507 e. The topological polar surface area (TPSA) is 49.2 Å². The molecule has 4 nitrogen and oxygen atoms in total. The van der Waals surface area contributed by atoms with Gasteiger partial charge in [-0.1, -0.05) is 0 Å². The van der Waals surface area contributed by atoms with Crippen LogP contribution in [0.15, 0.2) is 23.6 Å². The first-order valence-electron chi connectivity index (χ1n) is 9.08. The second kappa shape index (κ2) is 7.00. The lowest BCUT2D eigenvalue weighted by molar-refractivity contribution is -0.137. The van der Waals surface area contributed by atoms with Gasteiger partial charge in [-0.2, -0.15) is 13.2 Å². The van der Waals surface area contributed by atoms with Crippen molar-refractivity contribution >= 4 is 21.6 Å². The van der Waals surface area contributed by atoms with Gasteiger partial charge in [-0.25, -0.2) is 0 Å². The predicted octanol–water partition coefficient (Wildman–Crippen LogP) is 5.20. The summed E-state index contributed by atoms with van der Waals surface area (Å²) in [7, 11) is 2.11. The summed E-state index contributed by atoms with van der Waals surface area (Å²) in [6.07, 6.45) is -2.26. The fourth-order valence-corrected chi connectivity index (χ4v) is 4.95. The first-order valence-corrected chi connectivity index (χ1v) is 9.96. The molecule has 28 heavy (non-hydrogen) atoms. The van der Waals surface area contributed by atoms with Crippen LogP contribution in [0.25, 0.3) is 21.5 Å². The summed E-state index contributed by atoms with van der Waals surface area (Å²) in [6.45, 7) is 3.61. The van der Waals surface area contributed by atoms with Gasteiger partial charge in [0.25, 0.3) is 0 Å². The average Bonchev–Trinajstić information content (AvgIpc) is 3.03. The van der Waals surface area contributed by atoms with Crippen molar-refractivity contribution in [2.75, 3.05) is 20.1 Å². The quantitative estimate of drug-likeness (QED) is 0.634. The zero-order valence-electron chi connectivity index (χ0n) is 15.5. The van der Waals surface area contributed by atoms with Crippen LogP contribution in [0.2, 0.25) is 0 Å². The Morgan fingerprint density at radius 1 is 1.21 bits per heavy atom. The molecule has 3 aromatic rings. The van der Waals surface area contributed by atoms with E-state index >= 15 is 0 Å². The van der Waals surface area contributed by atoms with Crippen LogP contribution in [0.3, 0.4) is 0 Å². The number of hydrogen-bond donors (Lipinski definition) is 1. The van der Waals surface area contributed by atoms with Crippen LogP contribution in [-0.4, -0.2) is 40.3 Å². The number of rotatable bonds is 2. The summed E-state index contributed by atoms with van der Waals surface area (Å²) in [4.78, 5) is 2.31. The summed E-state index contributed by atoms with van der Waals surface area (Å²) in [5, 5.41) is 21.0. The highest BCUT2D eigenvalue weighted by Gasteiger charge is 2.32. The van der Waals surface area contributed by atoms with Crippen molar-refractivity contribution in [2.24, 2.45) is 0 Å². The molecule has 8 heteroatoms. The van der Waals surface area contributed by atoms with Gasteiger partial charge in [-0.3, -0.25) is 0 Å². The SMILES string of the molecule is Cc1cc(C(F)(F)F)cc(O)c1-c1cc2scc(C3CCCN(C)C3)c2nn1. The van der Waals surface area contributed by atoms with E-state index in [4.69, 9.17) is 0 Å².